The minimum Gasteiger partial charge on any atom is -0.476 e. The van der Waals surface area contributed by atoms with E-state index in [1.165, 1.54) is 0 Å². The molecule has 7 heteroatoms. The number of carbonyl (C=O) groups is 1. The second-order valence-electron chi connectivity index (χ2n) is 4.95. The van der Waals surface area contributed by atoms with Crippen molar-refractivity contribution in [3.8, 4) is 0 Å². The third-order valence-corrected chi connectivity index (χ3v) is 6.68. The minimum absolute atomic E-state index is 0.181. The summed E-state index contributed by atoms with van der Waals surface area (Å²) < 4.78 is 0. The molecule has 0 saturated carbocycles. The van der Waals surface area contributed by atoms with E-state index in [-0.39, 0.29) is 10.9 Å². The summed E-state index contributed by atoms with van der Waals surface area (Å²) >= 11 is 3.75. The minimum atomic E-state index is -0.949. The van der Waals surface area contributed by atoms with E-state index in [0.717, 1.165) is 35.7 Å². The number of hydrogen-bond acceptors (Lipinski definition) is 6. The molecule has 20 heavy (non-hydrogen) atoms. The number of fused-ring (bicyclic) bond motifs is 1. The van der Waals surface area contributed by atoms with Crippen LogP contribution in [0.2, 0.25) is 0 Å². The normalized spacial score (nSPS) is 26.1. The number of hydrogen-bond donors (Lipinski definition) is 2. The van der Waals surface area contributed by atoms with Crippen molar-refractivity contribution in [1.29, 1.82) is 0 Å². The van der Waals surface area contributed by atoms with Crippen molar-refractivity contribution in [3.05, 3.63) is 22.8 Å². The second-order valence-corrected chi connectivity index (χ2v) is 7.69. The molecule has 1 fully saturated rings. The first-order valence-corrected chi connectivity index (χ1v) is 8.83. The maximum absolute atomic E-state index is 11.5. The molecule has 2 atom stereocenters. The molecule has 5 nitrogen and oxygen atoms in total. The Morgan fingerprint density at radius 2 is 2.15 bits per heavy atom. The van der Waals surface area contributed by atoms with Crippen LogP contribution in [0.5, 0.6) is 0 Å². The lowest BCUT2D eigenvalue weighted by atomic mass is 10.0. The molecule has 0 spiro atoms. The molecule has 2 aliphatic rings. The van der Waals surface area contributed by atoms with Crippen LogP contribution in [0.3, 0.4) is 0 Å². The largest absolute Gasteiger partial charge is 0.476 e. The Kier molecular flexibility index (Phi) is 4.18. The molecule has 0 aromatic carbocycles. The molecule has 0 bridgehead atoms. The Balaban J connectivity index is 2.03. The van der Waals surface area contributed by atoms with Gasteiger partial charge in [-0.25, -0.2) is 14.8 Å². The first-order chi connectivity index (χ1) is 9.66. The molecule has 2 unspecified atom stereocenters. The number of nitrogens with one attached hydrogen (secondary N) is 1. The highest BCUT2D eigenvalue weighted by molar-refractivity contribution is 8.06. The average molecular weight is 311 g/mol. The number of aromatic nitrogens is 2. The third kappa shape index (κ3) is 2.66. The fourth-order valence-electron chi connectivity index (χ4n) is 2.58. The summed E-state index contributed by atoms with van der Waals surface area (Å²) in [5.74, 6) is 1.97. The monoisotopic (exact) mass is 311 g/mol. The van der Waals surface area contributed by atoms with E-state index in [9.17, 15) is 9.90 Å². The maximum atomic E-state index is 11.5. The van der Waals surface area contributed by atoms with E-state index in [1.807, 2.05) is 23.5 Å². The van der Waals surface area contributed by atoms with Crippen LogP contribution in [0.25, 0.3) is 0 Å². The molecule has 1 aromatic rings. The third-order valence-electron chi connectivity index (χ3n) is 3.60. The first-order valence-electron chi connectivity index (χ1n) is 6.73. The predicted octanol–water partition coefficient (Wildman–Crippen LogP) is 1.73. The fraction of sp³-hybridized carbons (Fsp3) is 0.615. The van der Waals surface area contributed by atoms with Crippen LogP contribution < -0.4 is 5.32 Å². The standard InChI is InChI=1S/C13H17N3O2S2/c1-7-11(20-5-4-19-7)12-15-9-2-3-14-6-8(9)10(16-12)13(17)18/h7,11,14H,2-6H2,1H3,(H,17,18). The van der Waals surface area contributed by atoms with Crippen LogP contribution in [-0.2, 0) is 13.0 Å². The van der Waals surface area contributed by atoms with Crippen molar-refractivity contribution in [2.45, 2.75) is 30.4 Å². The predicted molar refractivity (Wildman–Crippen MR) is 81.5 cm³/mol. The molecule has 0 radical (unpaired) electrons. The van der Waals surface area contributed by atoms with Gasteiger partial charge in [0, 0.05) is 41.8 Å². The zero-order valence-corrected chi connectivity index (χ0v) is 12.9. The molecule has 108 valence electrons. The summed E-state index contributed by atoms with van der Waals surface area (Å²) in [6.45, 7) is 3.58. The molecular weight excluding hydrogens is 294 g/mol. The van der Waals surface area contributed by atoms with Crippen molar-refractivity contribution in [1.82, 2.24) is 15.3 Å². The summed E-state index contributed by atoms with van der Waals surface area (Å²) in [6, 6.07) is 0. The molecule has 2 N–H and O–H groups in total. The van der Waals surface area contributed by atoms with Gasteiger partial charge in [-0.15, -0.1) is 11.8 Å². The number of carboxylic acid groups (broad SMARTS) is 1. The molecule has 0 aliphatic carbocycles. The van der Waals surface area contributed by atoms with Gasteiger partial charge in [0.1, 0.15) is 5.82 Å². The summed E-state index contributed by atoms with van der Waals surface area (Å²) in [4.78, 5) is 20.5. The molecule has 3 rings (SSSR count). The highest BCUT2D eigenvalue weighted by atomic mass is 32.2. The van der Waals surface area contributed by atoms with E-state index in [1.54, 1.807) is 0 Å². The highest BCUT2D eigenvalue weighted by Gasteiger charge is 2.30. The lowest BCUT2D eigenvalue weighted by Crippen LogP contribution is -2.29. The summed E-state index contributed by atoms with van der Waals surface area (Å²) in [6.07, 6.45) is 0.782. The van der Waals surface area contributed by atoms with Gasteiger partial charge in [0.15, 0.2) is 5.69 Å². The van der Waals surface area contributed by atoms with Gasteiger partial charge >= 0.3 is 5.97 Å². The van der Waals surface area contributed by atoms with E-state index in [0.29, 0.717) is 17.6 Å². The highest BCUT2D eigenvalue weighted by Crippen LogP contribution is 2.41. The summed E-state index contributed by atoms with van der Waals surface area (Å²) in [7, 11) is 0. The molecule has 3 heterocycles. The molecule has 2 aliphatic heterocycles. The first kappa shape index (κ1) is 14.2. The quantitative estimate of drug-likeness (QED) is 0.861. The van der Waals surface area contributed by atoms with Gasteiger partial charge in [-0.3, -0.25) is 0 Å². The van der Waals surface area contributed by atoms with E-state index in [2.05, 4.69) is 22.2 Å². The second kappa shape index (κ2) is 5.91. The van der Waals surface area contributed by atoms with Gasteiger partial charge in [0.2, 0.25) is 0 Å². The van der Waals surface area contributed by atoms with Gasteiger partial charge in [-0.1, -0.05) is 6.92 Å². The van der Waals surface area contributed by atoms with Gasteiger partial charge in [0.25, 0.3) is 0 Å². The Morgan fingerprint density at radius 3 is 2.90 bits per heavy atom. The van der Waals surface area contributed by atoms with Crippen molar-refractivity contribution >= 4 is 29.5 Å². The molecular formula is C13H17N3O2S2. The van der Waals surface area contributed by atoms with Crippen molar-refractivity contribution < 1.29 is 9.90 Å². The van der Waals surface area contributed by atoms with Crippen LogP contribution in [-0.4, -0.2) is 44.3 Å². The van der Waals surface area contributed by atoms with Gasteiger partial charge in [0.05, 0.1) is 10.9 Å². The van der Waals surface area contributed by atoms with Gasteiger partial charge in [-0.2, -0.15) is 11.8 Å². The van der Waals surface area contributed by atoms with E-state index >= 15 is 0 Å². The van der Waals surface area contributed by atoms with Crippen LogP contribution in [0.15, 0.2) is 0 Å². The zero-order chi connectivity index (χ0) is 14.1. The van der Waals surface area contributed by atoms with Gasteiger partial charge < -0.3 is 10.4 Å². The van der Waals surface area contributed by atoms with Gasteiger partial charge in [-0.05, 0) is 0 Å². The Hall–Kier alpha value is -0.790. The number of rotatable bonds is 2. The molecule has 1 aromatic heterocycles. The molecule has 0 amide bonds. The van der Waals surface area contributed by atoms with Crippen LogP contribution in [0.4, 0.5) is 0 Å². The Labute approximate surface area is 126 Å². The number of thioether (sulfide) groups is 2. The zero-order valence-electron chi connectivity index (χ0n) is 11.3. The lowest BCUT2D eigenvalue weighted by Gasteiger charge is -2.28. The fourth-order valence-corrected chi connectivity index (χ4v) is 5.27. The van der Waals surface area contributed by atoms with Crippen LogP contribution in [0.1, 0.15) is 39.7 Å². The average Bonchev–Trinajstić information content (AvgIpc) is 2.46. The number of nitrogens with zero attached hydrogens (tertiary/aromatic N) is 2. The smallest absolute Gasteiger partial charge is 0.354 e. The van der Waals surface area contributed by atoms with E-state index < -0.39 is 5.97 Å². The van der Waals surface area contributed by atoms with E-state index in [4.69, 9.17) is 0 Å². The summed E-state index contributed by atoms with van der Waals surface area (Å²) in [5.41, 5.74) is 1.85. The van der Waals surface area contributed by atoms with Crippen molar-refractivity contribution in [2.75, 3.05) is 18.1 Å². The molecule has 1 saturated heterocycles. The number of carboxylic acids is 1. The topological polar surface area (TPSA) is 75.1 Å². The summed E-state index contributed by atoms with van der Waals surface area (Å²) in [5, 5.41) is 13.2. The number of aromatic carboxylic acids is 1. The Bertz CT molecular complexity index is 539. The van der Waals surface area contributed by atoms with Crippen LogP contribution in [0, 0.1) is 0 Å². The van der Waals surface area contributed by atoms with Crippen LogP contribution >= 0.6 is 23.5 Å². The van der Waals surface area contributed by atoms with Crippen molar-refractivity contribution in [2.24, 2.45) is 0 Å². The van der Waals surface area contributed by atoms with Crippen molar-refractivity contribution in [3.63, 3.8) is 0 Å². The maximum Gasteiger partial charge on any atom is 0.354 e. The lowest BCUT2D eigenvalue weighted by molar-refractivity contribution is 0.0687. The Morgan fingerprint density at radius 1 is 1.35 bits per heavy atom. The SMILES string of the molecule is CC1SCCSC1c1nc2c(c(C(=O)O)n1)CNCC2.